The molecule has 0 N–H and O–H groups in total. The first-order valence-electron chi connectivity index (χ1n) is 9.00. The molecule has 22 heavy (non-hydrogen) atoms. The molecule has 0 saturated carbocycles. The molecule has 1 aliphatic heterocycles. The van der Waals surface area contributed by atoms with Gasteiger partial charge in [0.15, 0.2) is 5.78 Å². The smallest absolute Gasteiger partial charge is 0.341 e. The van der Waals surface area contributed by atoms with E-state index < -0.39 is 5.97 Å². The number of Topliss-reactive ketones (excluding diaryl/α,β-unsaturated/α-hetero) is 1. The maximum absolute atomic E-state index is 12.2. The molecule has 0 radical (unpaired) electrons. The Labute approximate surface area is 135 Å². The molecular weight excluding hydrogens is 276 g/mol. The molecule has 0 aliphatic carbocycles. The van der Waals surface area contributed by atoms with Crippen LogP contribution in [0.2, 0.25) is 0 Å². The van der Waals surface area contributed by atoms with Gasteiger partial charge in [-0.15, -0.1) is 0 Å². The van der Waals surface area contributed by atoms with E-state index >= 15 is 0 Å². The third-order valence-corrected chi connectivity index (χ3v) is 4.32. The lowest BCUT2D eigenvalue weighted by Crippen LogP contribution is -2.27. The molecule has 0 fully saturated rings. The highest BCUT2D eigenvalue weighted by molar-refractivity contribution is 6.18. The zero-order valence-corrected chi connectivity index (χ0v) is 14.6. The minimum atomic E-state index is -0.419. The molecule has 0 saturated heterocycles. The van der Waals surface area contributed by atoms with E-state index in [2.05, 4.69) is 6.92 Å². The highest BCUT2D eigenvalue weighted by Gasteiger charge is 2.28. The Morgan fingerprint density at radius 2 is 1.59 bits per heavy atom. The van der Waals surface area contributed by atoms with Crippen molar-refractivity contribution in [2.24, 2.45) is 0 Å². The summed E-state index contributed by atoms with van der Waals surface area (Å²) < 4.78 is 5.16. The predicted molar refractivity (Wildman–Crippen MR) is 89.7 cm³/mol. The van der Waals surface area contributed by atoms with Crippen molar-refractivity contribution in [3.05, 3.63) is 11.1 Å². The van der Waals surface area contributed by atoms with E-state index in [0.29, 0.717) is 18.4 Å². The second-order valence-corrected chi connectivity index (χ2v) is 6.58. The largest absolute Gasteiger partial charge is 0.459 e. The van der Waals surface area contributed by atoms with Crippen LogP contribution in [0.4, 0.5) is 0 Å². The second kappa shape index (κ2) is 10.6. The van der Waals surface area contributed by atoms with E-state index in [0.717, 1.165) is 18.4 Å². The maximum atomic E-state index is 12.2. The van der Waals surface area contributed by atoms with Crippen molar-refractivity contribution in [3.63, 3.8) is 0 Å². The summed E-state index contributed by atoms with van der Waals surface area (Å²) in [4.78, 5) is 24.0. The zero-order chi connectivity index (χ0) is 16.4. The number of carbonyl (C=O) groups excluding carboxylic acids is 2. The van der Waals surface area contributed by atoms with Gasteiger partial charge in [-0.25, -0.2) is 4.79 Å². The van der Waals surface area contributed by atoms with Gasteiger partial charge in [-0.05, 0) is 20.3 Å². The molecule has 0 amide bonds. The molecule has 1 rings (SSSR count). The van der Waals surface area contributed by atoms with E-state index in [1.165, 1.54) is 44.9 Å². The van der Waals surface area contributed by atoms with Gasteiger partial charge in [0.25, 0.3) is 0 Å². The third-order valence-electron chi connectivity index (χ3n) is 4.32. The Balaban J connectivity index is 2.16. The first kappa shape index (κ1) is 18.9. The third kappa shape index (κ3) is 6.76. The summed E-state index contributed by atoms with van der Waals surface area (Å²) in [5.74, 6) is -0.450. The van der Waals surface area contributed by atoms with Gasteiger partial charge in [0.1, 0.15) is 11.7 Å². The van der Waals surface area contributed by atoms with Gasteiger partial charge in [0.05, 0.1) is 0 Å². The number of rotatable bonds is 11. The average molecular weight is 308 g/mol. The van der Waals surface area contributed by atoms with Crippen molar-refractivity contribution >= 4 is 11.8 Å². The van der Waals surface area contributed by atoms with Crippen LogP contribution >= 0.6 is 0 Å². The number of ketones is 1. The first-order valence-corrected chi connectivity index (χ1v) is 9.00. The van der Waals surface area contributed by atoms with Gasteiger partial charge in [-0.2, -0.15) is 0 Å². The molecule has 0 unspecified atom stereocenters. The highest BCUT2D eigenvalue weighted by Crippen LogP contribution is 2.23. The van der Waals surface area contributed by atoms with E-state index in [4.69, 9.17) is 4.74 Å². The Morgan fingerprint density at radius 3 is 2.14 bits per heavy atom. The molecule has 3 heteroatoms. The van der Waals surface area contributed by atoms with Crippen molar-refractivity contribution in [1.82, 2.24) is 0 Å². The van der Waals surface area contributed by atoms with E-state index in [1.54, 1.807) is 0 Å². The van der Waals surface area contributed by atoms with Crippen LogP contribution in [0.5, 0.6) is 0 Å². The number of carbonyl (C=O) groups is 2. The van der Waals surface area contributed by atoms with Crippen molar-refractivity contribution in [2.75, 3.05) is 0 Å². The summed E-state index contributed by atoms with van der Waals surface area (Å²) in [6.07, 6.45) is 12.1. The van der Waals surface area contributed by atoms with Gasteiger partial charge in [-0.1, -0.05) is 63.9 Å². The summed E-state index contributed by atoms with van der Waals surface area (Å²) in [5, 5.41) is 0. The van der Waals surface area contributed by atoms with Gasteiger partial charge in [0, 0.05) is 12.8 Å². The Kier molecular flexibility index (Phi) is 9.10. The molecule has 126 valence electrons. The highest BCUT2D eigenvalue weighted by atomic mass is 16.5. The minimum absolute atomic E-state index is 0.0302. The summed E-state index contributed by atoms with van der Waals surface area (Å²) >= 11 is 0. The summed E-state index contributed by atoms with van der Waals surface area (Å²) in [5.41, 5.74) is 1.21. The van der Waals surface area contributed by atoms with Crippen molar-refractivity contribution < 1.29 is 14.3 Å². The monoisotopic (exact) mass is 308 g/mol. The zero-order valence-electron chi connectivity index (χ0n) is 14.6. The van der Waals surface area contributed by atoms with Gasteiger partial charge in [-0.3, -0.25) is 4.79 Å². The van der Waals surface area contributed by atoms with E-state index in [1.807, 2.05) is 13.8 Å². The van der Waals surface area contributed by atoms with E-state index in [-0.39, 0.29) is 11.9 Å². The van der Waals surface area contributed by atoms with Crippen LogP contribution in [0.15, 0.2) is 11.1 Å². The Bertz CT molecular complexity index is 395. The number of unbranched alkanes of at least 4 members (excludes halogenated alkanes) is 8. The number of ether oxygens (including phenoxy) is 1. The standard InChI is InChI=1S/C19H32O3/c1-4-5-6-7-8-9-10-11-12-13-17(20)18-15(2)14-16(3)22-19(18)21/h16H,4-14H2,1-3H3/t16-/m0/s1. The minimum Gasteiger partial charge on any atom is -0.459 e. The average Bonchev–Trinajstić information content (AvgIpc) is 2.44. The molecule has 0 aromatic heterocycles. The summed E-state index contributed by atoms with van der Waals surface area (Å²) in [7, 11) is 0. The summed E-state index contributed by atoms with van der Waals surface area (Å²) in [6.45, 7) is 5.97. The quantitative estimate of drug-likeness (QED) is 0.302. The molecule has 0 bridgehead atoms. The molecule has 0 spiro atoms. The van der Waals surface area contributed by atoms with Crippen molar-refractivity contribution in [3.8, 4) is 0 Å². The van der Waals surface area contributed by atoms with Crippen LogP contribution in [-0.2, 0) is 14.3 Å². The lowest BCUT2D eigenvalue weighted by atomic mass is 9.95. The molecular formula is C19H32O3. The normalized spacial score (nSPS) is 18.5. The second-order valence-electron chi connectivity index (χ2n) is 6.58. The topological polar surface area (TPSA) is 43.4 Å². The molecule has 3 nitrogen and oxygen atoms in total. The maximum Gasteiger partial charge on any atom is 0.341 e. The summed E-state index contributed by atoms with van der Waals surface area (Å²) in [6, 6.07) is 0. The molecule has 0 aromatic carbocycles. The number of hydrogen-bond acceptors (Lipinski definition) is 3. The Hall–Kier alpha value is -1.12. The fraction of sp³-hybridized carbons (Fsp3) is 0.789. The number of esters is 1. The van der Waals surface area contributed by atoms with Crippen molar-refractivity contribution in [2.45, 2.75) is 97.5 Å². The van der Waals surface area contributed by atoms with Crippen LogP contribution in [-0.4, -0.2) is 17.9 Å². The van der Waals surface area contributed by atoms with Crippen LogP contribution < -0.4 is 0 Å². The molecule has 1 aliphatic rings. The van der Waals surface area contributed by atoms with Gasteiger partial charge >= 0.3 is 5.97 Å². The van der Waals surface area contributed by atoms with E-state index in [9.17, 15) is 9.59 Å². The number of cyclic esters (lactones) is 1. The molecule has 1 heterocycles. The predicted octanol–water partition coefficient (Wildman–Crippen LogP) is 5.13. The fourth-order valence-corrected chi connectivity index (χ4v) is 3.06. The van der Waals surface area contributed by atoms with Crippen LogP contribution in [0, 0.1) is 0 Å². The van der Waals surface area contributed by atoms with Gasteiger partial charge in [0.2, 0.25) is 0 Å². The van der Waals surface area contributed by atoms with Crippen LogP contribution in [0.3, 0.4) is 0 Å². The fourth-order valence-electron chi connectivity index (χ4n) is 3.06. The lowest BCUT2D eigenvalue weighted by Gasteiger charge is -2.22. The van der Waals surface area contributed by atoms with Crippen LogP contribution in [0.1, 0.15) is 91.4 Å². The number of hydrogen-bond donors (Lipinski definition) is 0. The van der Waals surface area contributed by atoms with Crippen LogP contribution in [0.25, 0.3) is 0 Å². The SMILES string of the molecule is CCCCCCCCCCCC(=O)C1=C(C)C[C@H](C)OC1=O. The Morgan fingerprint density at radius 1 is 1.05 bits per heavy atom. The molecule has 1 atom stereocenters. The molecule has 0 aromatic rings. The van der Waals surface area contributed by atoms with Crippen molar-refractivity contribution in [1.29, 1.82) is 0 Å². The van der Waals surface area contributed by atoms with Gasteiger partial charge < -0.3 is 4.74 Å². The lowest BCUT2D eigenvalue weighted by molar-refractivity contribution is -0.146. The first-order chi connectivity index (χ1) is 10.6.